The topological polar surface area (TPSA) is 65.3 Å². The number of amides is 4. The third-order valence-corrected chi connectivity index (χ3v) is 3.43. The van der Waals surface area contributed by atoms with Gasteiger partial charge in [-0.2, -0.15) is 0 Å². The summed E-state index contributed by atoms with van der Waals surface area (Å²) in [4.78, 5) is 26.1. The van der Waals surface area contributed by atoms with Gasteiger partial charge >= 0.3 is 12.1 Å². The molecule has 1 saturated heterocycles. The number of rotatable bonds is 2. The van der Waals surface area contributed by atoms with E-state index < -0.39 is 12.1 Å². The van der Waals surface area contributed by atoms with Gasteiger partial charge < -0.3 is 4.90 Å². The Kier molecular flexibility index (Phi) is 2.98. The summed E-state index contributed by atoms with van der Waals surface area (Å²) in [5.41, 5.74) is 1.64. The molecule has 1 aromatic rings. The van der Waals surface area contributed by atoms with Crippen molar-refractivity contribution in [2.45, 2.75) is 19.3 Å². The van der Waals surface area contributed by atoms with Crippen molar-refractivity contribution in [3.05, 3.63) is 24.3 Å². The lowest BCUT2D eigenvalue weighted by molar-refractivity contribution is 0.249. The summed E-state index contributed by atoms with van der Waals surface area (Å²) in [6.45, 7) is 2.12. The molecule has 2 aliphatic heterocycles. The molecule has 1 aromatic carbocycles. The number of anilines is 2. The number of hydrogen-bond donors (Lipinski definition) is 0. The van der Waals surface area contributed by atoms with Crippen LogP contribution in [0.5, 0.6) is 0 Å². The Morgan fingerprint density at radius 3 is 1.89 bits per heavy atom. The lowest BCUT2D eigenvalue weighted by Crippen LogP contribution is -2.30. The Labute approximate surface area is 110 Å². The Bertz CT molecular complexity index is 514. The van der Waals surface area contributed by atoms with E-state index in [1.165, 1.54) is 19.3 Å². The maximum absolute atomic E-state index is 11.4. The summed E-state index contributed by atoms with van der Waals surface area (Å²) in [6, 6.07) is 6.12. The fourth-order valence-corrected chi connectivity index (χ4v) is 2.44. The van der Waals surface area contributed by atoms with Crippen LogP contribution in [0.25, 0.3) is 0 Å². The summed E-state index contributed by atoms with van der Waals surface area (Å²) in [5, 5.41) is 6.48. The van der Waals surface area contributed by atoms with E-state index in [2.05, 4.69) is 15.1 Å². The highest BCUT2D eigenvalue weighted by molar-refractivity contribution is 6.17. The van der Waals surface area contributed by atoms with E-state index >= 15 is 0 Å². The minimum Gasteiger partial charge on any atom is -0.372 e. The van der Waals surface area contributed by atoms with E-state index in [1.54, 1.807) is 12.1 Å². The lowest BCUT2D eigenvalue weighted by Gasteiger charge is -2.29. The van der Waals surface area contributed by atoms with E-state index in [9.17, 15) is 9.59 Å². The molecule has 98 valence electrons. The molecule has 6 nitrogen and oxygen atoms in total. The maximum Gasteiger partial charge on any atom is 0.375 e. The molecule has 0 saturated carbocycles. The minimum absolute atomic E-state index is 0.515. The molecule has 0 atom stereocenters. The zero-order valence-corrected chi connectivity index (χ0v) is 10.5. The molecule has 0 aromatic heterocycles. The van der Waals surface area contributed by atoms with Gasteiger partial charge in [0.1, 0.15) is 0 Å². The summed E-state index contributed by atoms with van der Waals surface area (Å²) >= 11 is 0. The number of carbonyl (C=O) groups excluding carboxylic acids is 2. The molecular formula is C13H14N4O2. The van der Waals surface area contributed by atoms with Crippen LogP contribution >= 0.6 is 0 Å². The van der Waals surface area contributed by atoms with Crippen LogP contribution in [-0.2, 0) is 0 Å². The lowest BCUT2D eigenvalue weighted by atomic mass is 10.1. The van der Waals surface area contributed by atoms with E-state index in [4.69, 9.17) is 0 Å². The fraction of sp³-hybridized carbons (Fsp3) is 0.385. The zero-order chi connectivity index (χ0) is 13.2. The van der Waals surface area contributed by atoms with Crippen LogP contribution in [0.15, 0.2) is 34.5 Å². The second-order valence-corrected chi connectivity index (χ2v) is 4.66. The fourth-order valence-electron chi connectivity index (χ4n) is 2.44. The van der Waals surface area contributed by atoms with Crippen LogP contribution in [0.2, 0.25) is 0 Å². The van der Waals surface area contributed by atoms with E-state index in [-0.39, 0.29) is 0 Å². The second-order valence-electron chi connectivity index (χ2n) is 4.66. The van der Waals surface area contributed by atoms with E-state index in [1.807, 2.05) is 12.1 Å². The Balaban J connectivity index is 1.79. The first kappa shape index (κ1) is 11.8. The predicted molar refractivity (Wildman–Crippen MR) is 70.6 cm³/mol. The number of carbonyl (C=O) groups is 2. The summed E-state index contributed by atoms with van der Waals surface area (Å²) in [7, 11) is 0. The number of piperidine rings is 1. The van der Waals surface area contributed by atoms with Gasteiger partial charge in [-0.3, -0.25) is 0 Å². The molecule has 0 spiro atoms. The van der Waals surface area contributed by atoms with Gasteiger partial charge in [-0.1, -0.05) is 10.2 Å². The van der Waals surface area contributed by atoms with Crippen LogP contribution in [0.1, 0.15) is 19.3 Å². The summed E-state index contributed by atoms with van der Waals surface area (Å²) in [5.74, 6) is 0. The van der Waals surface area contributed by atoms with Gasteiger partial charge in [0, 0.05) is 18.8 Å². The maximum atomic E-state index is 11.4. The molecule has 0 N–H and O–H groups in total. The Morgan fingerprint density at radius 1 is 0.789 bits per heavy atom. The van der Waals surface area contributed by atoms with Crippen molar-refractivity contribution in [1.29, 1.82) is 0 Å². The largest absolute Gasteiger partial charge is 0.375 e. The minimum atomic E-state index is -0.629. The summed E-state index contributed by atoms with van der Waals surface area (Å²) < 4.78 is 0. The average molecular weight is 258 g/mol. The highest BCUT2D eigenvalue weighted by Crippen LogP contribution is 2.25. The standard InChI is InChI=1S/C13H14N4O2/c18-12-14-15-13(19)17(12)11-6-4-10(5-7-11)16-8-2-1-3-9-16/h4-7H,1-3,8-9H2. The molecule has 0 aliphatic carbocycles. The van der Waals surface area contributed by atoms with Gasteiger partial charge in [0.25, 0.3) is 0 Å². The van der Waals surface area contributed by atoms with Crippen molar-refractivity contribution in [2.24, 2.45) is 10.2 Å². The number of urea groups is 2. The molecule has 2 aliphatic rings. The summed E-state index contributed by atoms with van der Waals surface area (Å²) in [6.07, 6.45) is 3.71. The molecular weight excluding hydrogens is 244 g/mol. The Morgan fingerprint density at radius 2 is 1.32 bits per heavy atom. The molecule has 19 heavy (non-hydrogen) atoms. The van der Waals surface area contributed by atoms with Crippen molar-refractivity contribution in [3.63, 3.8) is 0 Å². The molecule has 3 rings (SSSR count). The SMILES string of the molecule is O=C1N=NC(=O)N1c1ccc(N2CCCCC2)cc1. The molecule has 2 heterocycles. The quantitative estimate of drug-likeness (QED) is 0.818. The third-order valence-electron chi connectivity index (χ3n) is 3.43. The van der Waals surface area contributed by atoms with Crippen molar-refractivity contribution < 1.29 is 9.59 Å². The predicted octanol–water partition coefficient (Wildman–Crippen LogP) is 3.19. The normalized spacial score (nSPS) is 19.4. The number of hydrogen-bond acceptors (Lipinski definition) is 3. The van der Waals surface area contributed by atoms with Crippen LogP contribution in [0.4, 0.5) is 21.0 Å². The molecule has 0 radical (unpaired) electrons. The highest BCUT2D eigenvalue weighted by atomic mass is 16.2. The van der Waals surface area contributed by atoms with E-state index in [0.29, 0.717) is 5.69 Å². The average Bonchev–Trinajstić information content (AvgIpc) is 2.79. The van der Waals surface area contributed by atoms with Crippen molar-refractivity contribution >= 4 is 23.4 Å². The van der Waals surface area contributed by atoms with Crippen molar-refractivity contribution in [1.82, 2.24) is 0 Å². The first-order valence-corrected chi connectivity index (χ1v) is 6.40. The van der Waals surface area contributed by atoms with Crippen LogP contribution in [0.3, 0.4) is 0 Å². The van der Waals surface area contributed by atoms with Gasteiger partial charge in [-0.05, 0) is 43.5 Å². The van der Waals surface area contributed by atoms with Crippen LogP contribution in [0, 0.1) is 0 Å². The first-order chi connectivity index (χ1) is 9.25. The highest BCUT2D eigenvalue weighted by Gasteiger charge is 2.29. The van der Waals surface area contributed by atoms with Crippen molar-refractivity contribution in [3.8, 4) is 0 Å². The van der Waals surface area contributed by atoms with Gasteiger partial charge in [0.2, 0.25) is 0 Å². The second kappa shape index (κ2) is 4.79. The molecule has 4 amide bonds. The number of benzene rings is 1. The van der Waals surface area contributed by atoms with Gasteiger partial charge in [-0.25, -0.2) is 14.5 Å². The molecule has 1 fully saturated rings. The number of imide groups is 1. The van der Waals surface area contributed by atoms with Crippen LogP contribution in [-0.4, -0.2) is 25.2 Å². The van der Waals surface area contributed by atoms with Gasteiger partial charge in [0.15, 0.2) is 0 Å². The smallest absolute Gasteiger partial charge is 0.372 e. The van der Waals surface area contributed by atoms with Crippen LogP contribution < -0.4 is 9.80 Å². The third kappa shape index (κ3) is 2.21. The molecule has 0 bridgehead atoms. The molecule has 6 heteroatoms. The monoisotopic (exact) mass is 258 g/mol. The van der Waals surface area contributed by atoms with Gasteiger partial charge in [0.05, 0.1) is 5.69 Å². The Hall–Kier alpha value is -2.24. The zero-order valence-electron chi connectivity index (χ0n) is 10.5. The van der Waals surface area contributed by atoms with Crippen molar-refractivity contribution in [2.75, 3.05) is 22.9 Å². The van der Waals surface area contributed by atoms with E-state index in [0.717, 1.165) is 23.7 Å². The molecule has 0 unspecified atom stereocenters. The number of nitrogens with zero attached hydrogens (tertiary/aromatic N) is 4. The first-order valence-electron chi connectivity index (χ1n) is 6.40. The number of azo groups is 1. The van der Waals surface area contributed by atoms with Gasteiger partial charge in [-0.15, -0.1) is 0 Å².